The van der Waals surface area contributed by atoms with Gasteiger partial charge < -0.3 is 5.32 Å². The summed E-state index contributed by atoms with van der Waals surface area (Å²) in [5.41, 5.74) is 2.08. The van der Waals surface area contributed by atoms with Crippen LogP contribution < -0.4 is 5.32 Å². The molecule has 0 saturated carbocycles. The molecule has 2 aromatic carbocycles. The normalized spacial score (nSPS) is 10.4. The Labute approximate surface area is 135 Å². The fourth-order valence-electron chi connectivity index (χ4n) is 1.54. The zero-order valence-corrected chi connectivity index (χ0v) is 13.6. The summed E-state index contributed by atoms with van der Waals surface area (Å²) in [6.07, 6.45) is 0. The van der Waals surface area contributed by atoms with Crippen molar-refractivity contribution in [3.05, 3.63) is 60.6 Å². The Kier molecular flexibility index (Phi) is 5.01. The van der Waals surface area contributed by atoms with Gasteiger partial charge in [-0.05, 0) is 64.6 Å². The first kappa shape index (κ1) is 14.3. The molecule has 2 aromatic rings. The van der Waals surface area contributed by atoms with Gasteiger partial charge in [0.1, 0.15) is 0 Å². The molecule has 0 spiro atoms. The molecular formula is C13H9Cl3IN. The number of halogens is 4. The summed E-state index contributed by atoms with van der Waals surface area (Å²) in [6, 6.07) is 11.2. The molecule has 0 unspecified atom stereocenters. The van der Waals surface area contributed by atoms with Crippen molar-refractivity contribution in [1.29, 1.82) is 0 Å². The maximum Gasteiger partial charge on any atom is 0.0479 e. The van der Waals surface area contributed by atoms with Crippen LogP contribution >= 0.6 is 57.4 Å². The van der Waals surface area contributed by atoms with Crippen LogP contribution in [0, 0.1) is 3.57 Å². The topological polar surface area (TPSA) is 12.0 Å². The highest BCUT2D eigenvalue weighted by atomic mass is 127. The molecule has 94 valence electrons. The van der Waals surface area contributed by atoms with E-state index >= 15 is 0 Å². The quantitative estimate of drug-likeness (QED) is 0.623. The minimum atomic E-state index is 0.644. The van der Waals surface area contributed by atoms with E-state index < -0.39 is 0 Å². The lowest BCUT2D eigenvalue weighted by Crippen LogP contribution is -2.01. The second-order valence-corrected chi connectivity index (χ2v) is 6.23. The molecule has 0 aliphatic heterocycles. The van der Waals surface area contributed by atoms with E-state index in [2.05, 4.69) is 27.9 Å². The molecule has 0 atom stereocenters. The Morgan fingerprint density at radius 3 is 2.17 bits per heavy atom. The van der Waals surface area contributed by atoms with Crippen LogP contribution in [0.5, 0.6) is 0 Å². The van der Waals surface area contributed by atoms with Crippen molar-refractivity contribution in [2.45, 2.75) is 6.54 Å². The van der Waals surface area contributed by atoms with Crippen LogP contribution in [0.2, 0.25) is 15.1 Å². The van der Waals surface area contributed by atoms with Gasteiger partial charge in [0.2, 0.25) is 0 Å². The number of hydrogen-bond donors (Lipinski definition) is 1. The van der Waals surface area contributed by atoms with Gasteiger partial charge in [0.15, 0.2) is 0 Å². The molecule has 0 bridgehead atoms. The van der Waals surface area contributed by atoms with E-state index in [0.717, 1.165) is 19.8 Å². The minimum absolute atomic E-state index is 0.644. The summed E-state index contributed by atoms with van der Waals surface area (Å²) in [5, 5.41) is 5.35. The lowest BCUT2D eigenvalue weighted by molar-refractivity contribution is 1.15. The maximum atomic E-state index is 5.95. The molecule has 0 fully saturated rings. The summed E-state index contributed by atoms with van der Waals surface area (Å²) in [7, 11) is 0. The lowest BCUT2D eigenvalue weighted by Gasteiger charge is -2.09. The van der Waals surface area contributed by atoms with E-state index in [1.54, 1.807) is 6.07 Å². The van der Waals surface area contributed by atoms with E-state index in [4.69, 9.17) is 34.8 Å². The molecule has 0 heterocycles. The zero-order chi connectivity index (χ0) is 13.1. The van der Waals surface area contributed by atoms with Crippen molar-refractivity contribution in [3.8, 4) is 0 Å². The third-order valence-electron chi connectivity index (χ3n) is 2.34. The van der Waals surface area contributed by atoms with E-state index in [1.165, 1.54) is 0 Å². The van der Waals surface area contributed by atoms with Gasteiger partial charge >= 0.3 is 0 Å². The van der Waals surface area contributed by atoms with Gasteiger partial charge in [-0.15, -0.1) is 0 Å². The summed E-state index contributed by atoms with van der Waals surface area (Å²) in [6.45, 7) is 0.665. The molecular weight excluding hydrogens is 403 g/mol. The molecule has 5 heteroatoms. The average Bonchev–Trinajstić information content (AvgIpc) is 2.26. The highest BCUT2D eigenvalue weighted by Gasteiger charge is 2.02. The van der Waals surface area contributed by atoms with Crippen LogP contribution in [0.4, 0.5) is 5.69 Å². The zero-order valence-electron chi connectivity index (χ0n) is 9.18. The second kappa shape index (κ2) is 6.33. The summed E-state index contributed by atoms with van der Waals surface area (Å²) in [5.74, 6) is 0. The van der Waals surface area contributed by atoms with Crippen molar-refractivity contribution in [2.75, 3.05) is 5.32 Å². The number of benzene rings is 2. The van der Waals surface area contributed by atoms with Gasteiger partial charge in [0.05, 0.1) is 0 Å². The number of nitrogens with one attached hydrogen (secondary N) is 1. The van der Waals surface area contributed by atoms with Crippen LogP contribution in [0.25, 0.3) is 0 Å². The van der Waals surface area contributed by atoms with Crippen LogP contribution in [-0.4, -0.2) is 0 Å². The molecule has 0 amide bonds. The van der Waals surface area contributed by atoms with Crippen molar-refractivity contribution >= 4 is 63.1 Å². The van der Waals surface area contributed by atoms with E-state index in [0.29, 0.717) is 16.6 Å². The van der Waals surface area contributed by atoms with E-state index in [9.17, 15) is 0 Å². The Morgan fingerprint density at radius 2 is 1.56 bits per heavy atom. The maximum absolute atomic E-state index is 5.95. The molecule has 18 heavy (non-hydrogen) atoms. The van der Waals surface area contributed by atoms with Gasteiger partial charge in [-0.1, -0.05) is 34.8 Å². The highest BCUT2D eigenvalue weighted by molar-refractivity contribution is 14.1. The molecule has 1 nitrogen and oxygen atoms in total. The van der Waals surface area contributed by atoms with Crippen LogP contribution in [0.1, 0.15) is 5.56 Å². The van der Waals surface area contributed by atoms with Gasteiger partial charge in [-0.2, -0.15) is 0 Å². The molecule has 0 aliphatic carbocycles. The molecule has 0 aromatic heterocycles. The van der Waals surface area contributed by atoms with Gasteiger partial charge in [-0.25, -0.2) is 0 Å². The van der Waals surface area contributed by atoms with Crippen molar-refractivity contribution < 1.29 is 0 Å². The lowest BCUT2D eigenvalue weighted by atomic mass is 10.2. The smallest absolute Gasteiger partial charge is 0.0479 e. The molecule has 2 rings (SSSR count). The minimum Gasteiger partial charge on any atom is -0.380 e. The Morgan fingerprint density at radius 1 is 0.889 bits per heavy atom. The van der Waals surface area contributed by atoms with Crippen LogP contribution in [-0.2, 0) is 6.54 Å². The summed E-state index contributed by atoms with van der Waals surface area (Å²) >= 11 is 20.1. The largest absolute Gasteiger partial charge is 0.380 e. The first-order valence-electron chi connectivity index (χ1n) is 5.18. The van der Waals surface area contributed by atoms with E-state index in [1.807, 2.05) is 30.3 Å². The fourth-order valence-corrected chi connectivity index (χ4v) is 3.18. The van der Waals surface area contributed by atoms with Gasteiger partial charge in [0, 0.05) is 30.9 Å². The first-order chi connectivity index (χ1) is 8.54. The third-order valence-corrected chi connectivity index (χ3v) is 3.90. The van der Waals surface area contributed by atoms with Crippen LogP contribution in [0.15, 0.2) is 36.4 Å². The van der Waals surface area contributed by atoms with Crippen LogP contribution in [0.3, 0.4) is 0 Å². The van der Waals surface area contributed by atoms with Gasteiger partial charge in [-0.3, -0.25) is 0 Å². The Balaban J connectivity index is 2.11. The van der Waals surface area contributed by atoms with Crippen molar-refractivity contribution in [2.24, 2.45) is 0 Å². The summed E-state index contributed by atoms with van der Waals surface area (Å²) < 4.78 is 1.08. The van der Waals surface area contributed by atoms with E-state index in [-0.39, 0.29) is 0 Å². The molecule has 1 N–H and O–H groups in total. The SMILES string of the molecule is Clc1cc(Cl)cc(CNc2ccc(Cl)cc2I)c1. The average molecular weight is 412 g/mol. The molecule has 0 saturated heterocycles. The second-order valence-electron chi connectivity index (χ2n) is 3.76. The molecule has 0 aliphatic rings. The first-order valence-corrected chi connectivity index (χ1v) is 7.40. The number of hydrogen-bond acceptors (Lipinski definition) is 1. The fraction of sp³-hybridized carbons (Fsp3) is 0.0769. The predicted octanol–water partition coefficient (Wildman–Crippen LogP) is 5.86. The monoisotopic (exact) mass is 411 g/mol. The Bertz CT molecular complexity index is 552. The highest BCUT2D eigenvalue weighted by Crippen LogP contribution is 2.24. The number of rotatable bonds is 3. The van der Waals surface area contributed by atoms with Crippen molar-refractivity contribution in [3.63, 3.8) is 0 Å². The molecule has 0 radical (unpaired) electrons. The standard InChI is InChI=1S/C13H9Cl3IN/c14-9-1-2-13(12(17)6-9)18-7-8-3-10(15)5-11(16)4-8/h1-6,18H,7H2. The Hall–Kier alpha value is -0.160. The summed E-state index contributed by atoms with van der Waals surface area (Å²) in [4.78, 5) is 0. The third kappa shape index (κ3) is 3.92. The van der Waals surface area contributed by atoms with Gasteiger partial charge in [0.25, 0.3) is 0 Å². The predicted molar refractivity (Wildman–Crippen MR) is 88.0 cm³/mol. The van der Waals surface area contributed by atoms with Crippen molar-refractivity contribution in [1.82, 2.24) is 0 Å². The number of anilines is 1.